The molecule has 0 radical (unpaired) electrons. The summed E-state index contributed by atoms with van der Waals surface area (Å²) in [6.07, 6.45) is -0.0570. The summed E-state index contributed by atoms with van der Waals surface area (Å²) in [5.74, 6) is -1.04. The Bertz CT molecular complexity index is 520. The second kappa shape index (κ2) is 6.39. The van der Waals surface area contributed by atoms with Gasteiger partial charge in [-0.15, -0.1) is 0 Å². The van der Waals surface area contributed by atoms with Gasteiger partial charge < -0.3 is 10.0 Å². The zero-order valence-electron chi connectivity index (χ0n) is 12.2. The molecule has 1 amide bonds. The van der Waals surface area contributed by atoms with E-state index >= 15 is 0 Å². The van der Waals surface area contributed by atoms with E-state index in [4.69, 9.17) is 5.11 Å². The lowest BCUT2D eigenvalue weighted by Crippen LogP contribution is -2.46. The molecule has 0 aliphatic carbocycles. The van der Waals surface area contributed by atoms with Crippen LogP contribution in [0.3, 0.4) is 0 Å². The first-order chi connectivity index (χ1) is 9.12. The molecule has 0 aliphatic heterocycles. The maximum absolute atomic E-state index is 12.7. The predicted octanol–water partition coefficient (Wildman–Crippen LogP) is 3.47. The Labute approximate surface area is 127 Å². The largest absolute Gasteiger partial charge is 0.481 e. The zero-order chi connectivity index (χ0) is 15.5. The quantitative estimate of drug-likeness (QED) is 0.911. The highest BCUT2D eigenvalue weighted by molar-refractivity contribution is 9.10. The molecule has 0 spiro atoms. The molecule has 20 heavy (non-hydrogen) atoms. The highest BCUT2D eigenvalue weighted by Gasteiger charge is 2.28. The van der Waals surface area contributed by atoms with Gasteiger partial charge in [-0.05, 0) is 51.5 Å². The number of aliphatic carboxylic acids is 1. The smallest absolute Gasteiger partial charge is 0.305 e. The lowest BCUT2D eigenvalue weighted by molar-refractivity contribution is -0.137. The van der Waals surface area contributed by atoms with E-state index in [1.54, 1.807) is 11.0 Å². The van der Waals surface area contributed by atoms with Crippen LogP contribution in [0.2, 0.25) is 0 Å². The first-order valence-electron chi connectivity index (χ1n) is 6.43. The summed E-state index contributed by atoms with van der Waals surface area (Å²) >= 11 is 3.37. The summed E-state index contributed by atoms with van der Waals surface area (Å²) in [7, 11) is 0. The van der Waals surface area contributed by atoms with Gasteiger partial charge in [0.15, 0.2) is 0 Å². The number of hydrogen-bond acceptors (Lipinski definition) is 2. The van der Waals surface area contributed by atoms with Gasteiger partial charge in [0.05, 0.1) is 6.42 Å². The van der Waals surface area contributed by atoms with Gasteiger partial charge in [-0.2, -0.15) is 0 Å². The Morgan fingerprint density at radius 2 is 1.90 bits per heavy atom. The number of carboxylic acid groups (broad SMARTS) is 1. The maximum atomic E-state index is 12.7. The Hall–Kier alpha value is -1.36. The molecule has 0 aliphatic rings. The van der Waals surface area contributed by atoms with Crippen molar-refractivity contribution in [1.82, 2.24) is 4.90 Å². The van der Waals surface area contributed by atoms with Crippen LogP contribution in [0.4, 0.5) is 0 Å². The van der Waals surface area contributed by atoms with E-state index < -0.39 is 11.5 Å². The standard InChI is InChI=1S/C15H20BrNO3/c1-10-9-11(16)5-6-12(10)14(20)17(15(2,3)4)8-7-13(18)19/h5-6,9H,7-8H2,1-4H3,(H,18,19). The van der Waals surface area contributed by atoms with Crippen LogP contribution in [0.25, 0.3) is 0 Å². The van der Waals surface area contributed by atoms with Crippen molar-refractivity contribution in [2.45, 2.75) is 39.7 Å². The minimum atomic E-state index is -0.903. The highest BCUT2D eigenvalue weighted by atomic mass is 79.9. The van der Waals surface area contributed by atoms with Gasteiger partial charge in [-0.3, -0.25) is 9.59 Å². The van der Waals surface area contributed by atoms with E-state index in [-0.39, 0.29) is 18.9 Å². The average Bonchev–Trinajstić information content (AvgIpc) is 2.26. The van der Waals surface area contributed by atoms with Crippen molar-refractivity contribution < 1.29 is 14.7 Å². The Balaban J connectivity index is 3.07. The van der Waals surface area contributed by atoms with Crippen LogP contribution in [0.15, 0.2) is 22.7 Å². The Kier molecular flexibility index (Phi) is 5.34. The van der Waals surface area contributed by atoms with Gasteiger partial charge >= 0.3 is 5.97 Å². The second-order valence-corrected chi connectivity index (χ2v) is 6.65. The monoisotopic (exact) mass is 341 g/mol. The van der Waals surface area contributed by atoms with Crippen LogP contribution in [-0.4, -0.2) is 34.0 Å². The van der Waals surface area contributed by atoms with Crippen LogP contribution in [-0.2, 0) is 4.79 Å². The number of amides is 1. The molecule has 1 rings (SSSR count). The molecular formula is C15H20BrNO3. The number of halogens is 1. The number of hydrogen-bond donors (Lipinski definition) is 1. The first kappa shape index (κ1) is 16.7. The molecule has 4 nitrogen and oxygen atoms in total. The van der Waals surface area contributed by atoms with Crippen molar-refractivity contribution in [2.75, 3.05) is 6.54 Å². The molecule has 0 aromatic heterocycles. The normalized spacial score (nSPS) is 11.2. The van der Waals surface area contributed by atoms with Gasteiger partial charge in [-0.1, -0.05) is 15.9 Å². The van der Waals surface area contributed by atoms with Crippen LogP contribution in [0.5, 0.6) is 0 Å². The molecule has 0 fully saturated rings. The van der Waals surface area contributed by atoms with Crippen molar-refractivity contribution in [1.29, 1.82) is 0 Å². The molecule has 110 valence electrons. The SMILES string of the molecule is Cc1cc(Br)ccc1C(=O)N(CCC(=O)O)C(C)(C)C. The van der Waals surface area contributed by atoms with Gasteiger partial charge in [0.2, 0.25) is 0 Å². The number of rotatable bonds is 4. The average molecular weight is 342 g/mol. The minimum absolute atomic E-state index is 0.0570. The molecule has 1 aromatic carbocycles. The van der Waals surface area contributed by atoms with Crippen LogP contribution in [0.1, 0.15) is 43.1 Å². The first-order valence-corrected chi connectivity index (χ1v) is 7.22. The summed E-state index contributed by atoms with van der Waals surface area (Å²) in [4.78, 5) is 25.0. The topological polar surface area (TPSA) is 57.6 Å². The molecule has 5 heteroatoms. The predicted molar refractivity (Wildman–Crippen MR) is 81.9 cm³/mol. The van der Waals surface area contributed by atoms with E-state index in [1.807, 2.05) is 39.8 Å². The van der Waals surface area contributed by atoms with Gasteiger partial charge in [0, 0.05) is 22.1 Å². The van der Waals surface area contributed by atoms with Crippen molar-refractivity contribution in [3.63, 3.8) is 0 Å². The van der Waals surface area contributed by atoms with Crippen molar-refractivity contribution in [3.05, 3.63) is 33.8 Å². The van der Waals surface area contributed by atoms with E-state index in [1.165, 1.54) is 0 Å². The summed E-state index contributed by atoms with van der Waals surface area (Å²) in [6.45, 7) is 7.78. The molecule has 1 aromatic rings. The summed E-state index contributed by atoms with van der Waals surface area (Å²) in [5, 5.41) is 8.83. The second-order valence-electron chi connectivity index (χ2n) is 5.73. The molecule has 0 saturated carbocycles. The fraction of sp³-hybridized carbons (Fsp3) is 0.467. The van der Waals surface area contributed by atoms with Gasteiger partial charge in [0.25, 0.3) is 5.91 Å². The number of carboxylic acids is 1. The third kappa shape index (κ3) is 4.34. The number of nitrogens with zero attached hydrogens (tertiary/aromatic N) is 1. The number of carbonyl (C=O) groups is 2. The molecule has 1 N–H and O–H groups in total. The van der Waals surface area contributed by atoms with Crippen LogP contribution in [0, 0.1) is 6.92 Å². The fourth-order valence-corrected chi connectivity index (χ4v) is 2.44. The van der Waals surface area contributed by atoms with E-state index in [9.17, 15) is 9.59 Å². The van der Waals surface area contributed by atoms with Gasteiger partial charge in [-0.25, -0.2) is 0 Å². The summed E-state index contributed by atoms with van der Waals surface area (Å²) in [5.41, 5.74) is 1.05. The number of benzene rings is 1. The van der Waals surface area contributed by atoms with Gasteiger partial charge in [0.1, 0.15) is 0 Å². The number of aryl methyl sites for hydroxylation is 1. The Morgan fingerprint density at radius 3 is 2.35 bits per heavy atom. The summed E-state index contributed by atoms with van der Waals surface area (Å²) < 4.78 is 0.916. The van der Waals surface area contributed by atoms with E-state index in [0.29, 0.717) is 5.56 Å². The maximum Gasteiger partial charge on any atom is 0.305 e. The summed E-state index contributed by atoms with van der Waals surface area (Å²) in [6, 6.07) is 5.46. The number of carbonyl (C=O) groups excluding carboxylic acids is 1. The fourth-order valence-electron chi connectivity index (χ4n) is 1.96. The zero-order valence-corrected chi connectivity index (χ0v) is 13.8. The van der Waals surface area contributed by atoms with Crippen LogP contribution < -0.4 is 0 Å². The highest BCUT2D eigenvalue weighted by Crippen LogP contribution is 2.22. The van der Waals surface area contributed by atoms with Crippen molar-refractivity contribution >= 4 is 27.8 Å². The Morgan fingerprint density at radius 1 is 1.30 bits per heavy atom. The molecule has 0 heterocycles. The van der Waals surface area contributed by atoms with Crippen LogP contribution >= 0.6 is 15.9 Å². The van der Waals surface area contributed by atoms with E-state index in [0.717, 1.165) is 10.0 Å². The molecule has 0 bridgehead atoms. The molecule has 0 unspecified atom stereocenters. The molecular weight excluding hydrogens is 322 g/mol. The lowest BCUT2D eigenvalue weighted by atomic mass is 10.0. The molecule has 0 saturated heterocycles. The molecule has 0 atom stereocenters. The third-order valence-corrected chi connectivity index (χ3v) is 3.52. The van der Waals surface area contributed by atoms with Crippen molar-refractivity contribution in [3.8, 4) is 0 Å². The third-order valence-electron chi connectivity index (χ3n) is 3.02. The van der Waals surface area contributed by atoms with E-state index in [2.05, 4.69) is 15.9 Å². The lowest BCUT2D eigenvalue weighted by Gasteiger charge is -2.36. The van der Waals surface area contributed by atoms with Crippen molar-refractivity contribution in [2.24, 2.45) is 0 Å². The minimum Gasteiger partial charge on any atom is -0.481 e.